The summed E-state index contributed by atoms with van der Waals surface area (Å²) in [5, 5.41) is 11.1. The second kappa shape index (κ2) is 28.5. The molecule has 0 spiro atoms. The number of thiazole rings is 2. The molecule has 3 amide bonds. The second-order valence-corrected chi connectivity index (χ2v) is 17.8. The smallest absolute Gasteiger partial charge is 0.407 e. The summed E-state index contributed by atoms with van der Waals surface area (Å²) in [4.78, 5) is 86.6. The average molecular weight is 1040 g/mol. The maximum atomic E-state index is 14.5. The summed E-state index contributed by atoms with van der Waals surface area (Å²) in [6, 6.07) is -2.83. The van der Waals surface area contributed by atoms with Gasteiger partial charge in [-0.05, 0) is 13.8 Å². The molecule has 372 valence electrons. The lowest BCUT2D eigenvalue weighted by atomic mass is 9.96. The van der Waals surface area contributed by atoms with Crippen LogP contribution in [-0.4, -0.2) is 174 Å². The van der Waals surface area contributed by atoms with Gasteiger partial charge in [-0.1, -0.05) is 34.8 Å². The monoisotopic (exact) mass is 1040 g/mol. The van der Waals surface area contributed by atoms with Crippen LogP contribution in [0.15, 0.2) is 10.8 Å². The number of methoxy groups -OCH3 is 4. The Balaban J connectivity index is 2.18. The lowest BCUT2D eigenvalue weighted by Gasteiger charge is -2.45. The first-order chi connectivity index (χ1) is 31.3. The van der Waals surface area contributed by atoms with E-state index in [4.69, 9.17) is 96.4 Å². The summed E-state index contributed by atoms with van der Waals surface area (Å²) in [6.45, 7) is 4.21. The van der Waals surface area contributed by atoms with Gasteiger partial charge in [-0.3, -0.25) is 14.4 Å². The quantitative estimate of drug-likeness (QED) is 0.0401. The number of halogens is 3. The standard InChI is InChI=1S/C37H52Cl3N5O19S2/c1-18(59-16-56-11-9-52-5)25(44-35(50)55-8)29(48)45-30(28(60-17-57-12-10-53-6)32-41-22(13-66-32)31-42-23(14-65-31)33(49)54-7)64-34-27(63-21(4)47)26(62-20(3)46)24(19(2)61-34)43-36(51)58-15-37(38,39)40/h13-14,18-19,24-28,30,34H,9-12,15-17H2,1-8H3,(H,43,51)(H,44,50)(H,45,48)/t18-,19+,24-,25+,26-,27-,28+,30?,34+/m1/s1. The Labute approximate surface area is 402 Å². The van der Waals surface area contributed by atoms with Crippen molar-refractivity contribution in [1.82, 2.24) is 25.9 Å². The second-order valence-electron chi connectivity index (χ2n) is 13.5. The number of alkyl halides is 3. The van der Waals surface area contributed by atoms with Crippen molar-refractivity contribution in [2.45, 2.75) is 86.6 Å². The largest absolute Gasteiger partial charge is 0.464 e. The molecule has 66 heavy (non-hydrogen) atoms. The molecule has 0 radical (unpaired) electrons. The molecule has 1 aliphatic rings. The average Bonchev–Trinajstić information content (AvgIpc) is 3.96. The van der Waals surface area contributed by atoms with Crippen molar-refractivity contribution in [3.63, 3.8) is 0 Å². The molecule has 9 atom stereocenters. The number of carbonyl (C=O) groups is 6. The third-order valence-corrected chi connectivity index (χ3v) is 10.7. The third kappa shape index (κ3) is 18.7. The Morgan fingerprint density at radius 1 is 0.818 bits per heavy atom. The SMILES string of the molecule is COCCOCO[C@H](c1nc(-c2nc(C(=O)OC)cs2)cs1)C(NC(=O)[C@@H](NC(=O)OC)[C@@H](C)OCOCCOC)O[C@@H]1O[C@@H](C)[C@@H](NC(=O)OCC(Cl)(Cl)Cl)[C@@H](OC(C)=O)[C@H]1OC(C)=O. The molecule has 3 N–H and O–H groups in total. The van der Waals surface area contributed by atoms with Crippen molar-refractivity contribution in [2.24, 2.45) is 0 Å². The topological polar surface area (TPSA) is 284 Å². The molecule has 2 aromatic rings. The number of rotatable bonds is 26. The van der Waals surface area contributed by atoms with Gasteiger partial charge in [0, 0.05) is 38.8 Å². The van der Waals surface area contributed by atoms with Crippen LogP contribution in [0.1, 0.15) is 49.3 Å². The van der Waals surface area contributed by atoms with Crippen molar-refractivity contribution >= 4 is 93.5 Å². The highest BCUT2D eigenvalue weighted by Crippen LogP contribution is 2.35. The number of carbonyl (C=O) groups excluding carboxylic acids is 6. The van der Waals surface area contributed by atoms with Crippen LogP contribution in [0.5, 0.6) is 0 Å². The van der Waals surface area contributed by atoms with Gasteiger partial charge in [0.2, 0.25) is 16.0 Å². The number of alkyl carbamates (subject to hydrolysis) is 2. The van der Waals surface area contributed by atoms with E-state index >= 15 is 0 Å². The highest BCUT2D eigenvalue weighted by Gasteiger charge is 2.52. The highest BCUT2D eigenvalue weighted by atomic mass is 35.6. The minimum Gasteiger partial charge on any atom is -0.464 e. The number of nitrogens with zero attached hydrogens (tertiary/aromatic N) is 2. The van der Waals surface area contributed by atoms with Gasteiger partial charge >= 0.3 is 30.1 Å². The number of hydrogen-bond acceptors (Lipinski definition) is 23. The summed E-state index contributed by atoms with van der Waals surface area (Å²) in [6.07, 6.45) is -12.6. The lowest BCUT2D eigenvalue weighted by molar-refractivity contribution is -0.304. The first kappa shape index (κ1) is 56.6. The van der Waals surface area contributed by atoms with Gasteiger partial charge in [-0.15, -0.1) is 22.7 Å². The summed E-state index contributed by atoms with van der Waals surface area (Å²) in [5.41, 5.74) is 0.304. The van der Waals surface area contributed by atoms with E-state index in [-0.39, 0.29) is 49.6 Å². The summed E-state index contributed by atoms with van der Waals surface area (Å²) < 4.78 is 69.6. The molecule has 3 heterocycles. The minimum absolute atomic E-state index is 0.0261. The van der Waals surface area contributed by atoms with Gasteiger partial charge < -0.3 is 77.5 Å². The molecule has 1 aliphatic heterocycles. The van der Waals surface area contributed by atoms with E-state index in [1.54, 1.807) is 5.38 Å². The fraction of sp³-hybridized carbons (Fsp3) is 0.676. The van der Waals surface area contributed by atoms with E-state index in [9.17, 15) is 28.8 Å². The zero-order valence-corrected chi connectivity index (χ0v) is 40.8. The van der Waals surface area contributed by atoms with Crippen LogP contribution in [0, 0.1) is 0 Å². The van der Waals surface area contributed by atoms with E-state index in [0.717, 1.165) is 43.6 Å². The molecule has 24 nitrogen and oxygen atoms in total. The molecule has 2 aromatic heterocycles. The van der Waals surface area contributed by atoms with E-state index in [0.29, 0.717) is 5.01 Å². The van der Waals surface area contributed by atoms with E-state index in [1.807, 2.05) is 0 Å². The molecule has 1 unspecified atom stereocenters. The van der Waals surface area contributed by atoms with Crippen LogP contribution in [0.3, 0.4) is 0 Å². The predicted octanol–water partition coefficient (Wildman–Crippen LogP) is 3.01. The normalized spacial score (nSPS) is 20.2. The molecule has 3 rings (SSSR count). The number of aromatic nitrogens is 2. The van der Waals surface area contributed by atoms with Gasteiger partial charge in [0.25, 0.3) is 0 Å². The van der Waals surface area contributed by atoms with Gasteiger partial charge in [-0.25, -0.2) is 24.4 Å². The Kier molecular flexibility index (Phi) is 24.4. The van der Waals surface area contributed by atoms with E-state index < -0.39 is 108 Å². The molecule has 0 aromatic carbocycles. The number of ether oxygens (including phenoxy) is 13. The zero-order valence-electron chi connectivity index (χ0n) is 36.9. The first-order valence-corrected chi connectivity index (χ1v) is 22.4. The molecule has 29 heteroatoms. The van der Waals surface area contributed by atoms with Crippen molar-refractivity contribution < 1.29 is 90.3 Å². The van der Waals surface area contributed by atoms with Crippen molar-refractivity contribution in [1.29, 1.82) is 0 Å². The molecular weight excluding hydrogens is 989 g/mol. The Morgan fingerprint density at radius 3 is 2.05 bits per heavy atom. The third-order valence-electron chi connectivity index (χ3n) is 8.60. The molecule has 1 fully saturated rings. The first-order valence-electron chi connectivity index (χ1n) is 19.5. The molecular formula is C37H52Cl3N5O19S2. The summed E-state index contributed by atoms with van der Waals surface area (Å²) in [7, 11) is 5.23. The number of hydrogen-bond donors (Lipinski definition) is 3. The molecule has 0 bridgehead atoms. The fourth-order valence-corrected chi connectivity index (χ4v) is 7.45. The van der Waals surface area contributed by atoms with Gasteiger partial charge in [-0.2, -0.15) is 0 Å². The lowest BCUT2D eigenvalue weighted by Crippen LogP contribution is -2.66. The van der Waals surface area contributed by atoms with Crippen LogP contribution in [0.2, 0.25) is 0 Å². The van der Waals surface area contributed by atoms with E-state index in [1.165, 1.54) is 40.6 Å². The van der Waals surface area contributed by atoms with Gasteiger partial charge in [0.05, 0.1) is 58.9 Å². The zero-order chi connectivity index (χ0) is 49.0. The van der Waals surface area contributed by atoms with Crippen molar-refractivity contribution in [2.75, 3.05) is 75.1 Å². The minimum atomic E-state index is -1.98. The van der Waals surface area contributed by atoms with Crippen molar-refractivity contribution in [3.8, 4) is 10.7 Å². The predicted molar refractivity (Wildman–Crippen MR) is 231 cm³/mol. The van der Waals surface area contributed by atoms with Crippen molar-refractivity contribution in [3.05, 3.63) is 21.5 Å². The van der Waals surface area contributed by atoms with Crippen LogP contribution >= 0.6 is 57.5 Å². The Bertz CT molecular complexity index is 1880. The van der Waals surface area contributed by atoms with E-state index in [2.05, 4.69) is 25.9 Å². The maximum Gasteiger partial charge on any atom is 0.407 e. The van der Waals surface area contributed by atoms with Crippen LogP contribution < -0.4 is 16.0 Å². The molecule has 1 saturated heterocycles. The van der Waals surface area contributed by atoms with Gasteiger partial charge in [0.15, 0.2) is 30.2 Å². The number of esters is 3. The number of amides is 3. The molecule has 0 aliphatic carbocycles. The summed E-state index contributed by atoms with van der Waals surface area (Å²) >= 11 is 19.4. The number of nitrogens with one attached hydrogen (secondary N) is 3. The van der Waals surface area contributed by atoms with Crippen LogP contribution in [0.25, 0.3) is 10.7 Å². The van der Waals surface area contributed by atoms with Crippen LogP contribution in [-0.2, 0) is 76.0 Å². The van der Waals surface area contributed by atoms with Crippen LogP contribution in [0.4, 0.5) is 9.59 Å². The molecule has 0 saturated carbocycles. The Morgan fingerprint density at radius 2 is 1.45 bits per heavy atom. The fourth-order valence-electron chi connectivity index (χ4n) is 5.59. The summed E-state index contributed by atoms with van der Waals surface area (Å²) in [5.74, 6) is -3.43. The Hall–Kier alpha value is -3.77. The maximum absolute atomic E-state index is 14.5. The highest BCUT2D eigenvalue weighted by molar-refractivity contribution is 7.14. The van der Waals surface area contributed by atoms with Gasteiger partial charge in [0.1, 0.15) is 41.9 Å².